The van der Waals surface area contributed by atoms with E-state index in [1.165, 1.54) is 23.9 Å². The number of carbonyl (C=O) groups excluding carboxylic acids is 2. The average Bonchev–Trinajstić information content (AvgIpc) is 2.77. The summed E-state index contributed by atoms with van der Waals surface area (Å²) in [5.41, 5.74) is 2.07. The first-order chi connectivity index (χ1) is 14.5. The summed E-state index contributed by atoms with van der Waals surface area (Å²) in [5.74, 6) is 0.541. The number of hydrogen-bond acceptors (Lipinski definition) is 5. The number of nitrogens with zero attached hydrogens (tertiary/aromatic N) is 2. The highest BCUT2D eigenvalue weighted by molar-refractivity contribution is 7.99. The van der Waals surface area contributed by atoms with Crippen LogP contribution in [-0.4, -0.2) is 47.0 Å². The van der Waals surface area contributed by atoms with E-state index < -0.39 is 11.0 Å². The van der Waals surface area contributed by atoms with Crippen molar-refractivity contribution < 1.29 is 14.5 Å². The number of thioether (sulfide) groups is 1. The Kier molecular flexibility index (Phi) is 9.34. The van der Waals surface area contributed by atoms with Gasteiger partial charge in [-0.05, 0) is 24.0 Å². The fourth-order valence-corrected chi connectivity index (χ4v) is 3.99. The van der Waals surface area contributed by atoms with Gasteiger partial charge in [0.2, 0.25) is 11.8 Å². The van der Waals surface area contributed by atoms with E-state index in [1.54, 1.807) is 24.1 Å². The van der Waals surface area contributed by atoms with E-state index in [-0.39, 0.29) is 23.3 Å². The summed E-state index contributed by atoms with van der Waals surface area (Å²) in [6.45, 7) is 2.36. The highest BCUT2D eigenvalue weighted by Crippen LogP contribution is 2.18. The van der Waals surface area contributed by atoms with Crippen LogP contribution >= 0.6 is 11.8 Å². The van der Waals surface area contributed by atoms with Crippen LogP contribution in [0.5, 0.6) is 0 Å². The number of benzene rings is 2. The van der Waals surface area contributed by atoms with Gasteiger partial charge in [0.15, 0.2) is 0 Å². The number of nitrogens with one attached hydrogen (secondary N) is 1. The molecule has 0 radical (unpaired) electrons. The molecule has 0 spiro atoms. The lowest BCUT2D eigenvalue weighted by Gasteiger charge is -2.30. The number of amides is 2. The second-order valence-corrected chi connectivity index (χ2v) is 7.76. The molecule has 0 aliphatic carbocycles. The van der Waals surface area contributed by atoms with Crippen molar-refractivity contribution in [3.63, 3.8) is 0 Å². The fourth-order valence-electron chi connectivity index (χ4n) is 3.12. The first-order valence-corrected chi connectivity index (χ1v) is 11.0. The lowest BCUT2D eigenvalue weighted by Crippen LogP contribution is -2.50. The molecule has 2 amide bonds. The highest BCUT2D eigenvalue weighted by atomic mass is 32.2. The standard InChI is InChI=1S/C22H27N3O4S/c1-3-20(22(27)23-2)24(14-13-17-7-5-4-6-8-17)21(26)16-30-15-18-9-11-19(12-10-18)25(28)29/h4-12,20H,3,13-16H2,1-2H3,(H,23,27)/t20-/m1/s1. The smallest absolute Gasteiger partial charge is 0.269 e. The predicted octanol–water partition coefficient (Wildman–Crippen LogP) is 3.42. The second-order valence-electron chi connectivity index (χ2n) is 6.78. The van der Waals surface area contributed by atoms with Crippen molar-refractivity contribution in [2.75, 3.05) is 19.3 Å². The highest BCUT2D eigenvalue weighted by Gasteiger charge is 2.27. The Morgan fingerprint density at radius 2 is 1.77 bits per heavy atom. The van der Waals surface area contributed by atoms with E-state index in [9.17, 15) is 19.7 Å². The molecule has 0 heterocycles. The molecular formula is C22H27N3O4S. The molecule has 160 valence electrons. The molecular weight excluding hydrogens is 402 g/mol. The summed E-state index contributed by atoms with van der Waals surface area (Å²) in [7, 11) is 1.58. The Hall–Kier alpha value is -2.87. The number of nitro groups is 1. The van der Waals surface area contributed by atoms with Crippen molar-refractivity contribution in [1.29, 1.82) is 0 Å². The van der Waals surface area contributed by atoms with Crippen LogP contribution in [0.25, 0.3) is 0 Å². The van der Waals surface area contributed by atoms with Crippen molar-refractivity contribution in [3.8, 4) is 0 Å². The van der Waals surface area contributed by atoms with Gasteiger partial charge in [0.25, 0.3) is 5.69 Å². The number of hydrogen-bond donors (Lipinski definition) is 1. The maximum Gasteiger partial charge on any atom is 0.269 e. The molecule has 0 aromatic heterocycles. The minimum absolute atomic E-state index is 0.0447. The maximum atomic E-state index is 13.0. The Balaban J connectivity index is 1.99. The Morgan fingerprint density at radius 3 is 2.33 bits per heavy atom. The van der Waals surface area contributed by atoms with Crippen LogP contribution in [0.4, 0.5) is 5.69 Å². The number of non-ortho nitro benzene ring substituents is 1. The van der Waals surface area contributed by atoms with Crippen LogP contribution < -0.4 is 5.32 Å². The van der Waals surface area contributed by atoms with Gasteiger partial charge in [0.1, 0.15) is 6.04 Å². The molecule has 0 aliphatic heterocycles. The third-order valence-corrected chi connectivity index (χ3v) is 5.75. The molecule has 1 N–H and O–H groups in total. The van der Waals surface area contributed by atoms with E-state index >= 15 is 0 Å². The number of carbonyl (C=O) groups is 2. The van der Waals surface area contributed by atoms with E-state index in [0.717, 1.165) is 11.1 Å². The SMILES string of the molecule is CC[C@H](C(=O)NC)N(CCc1ccccc1)C(=O)CSCc1ccc([N+](=O)[O-])cc1. The fraction of sp³-hybridized carbons (Fsp3) is 0.364. The first-order valence-electron chi connectivity index (χ1n) is 9.82. The molecule has 0 unspecified atom stereocenters. The molecule has 0 saturated carbocycles. The monoisotopic (exact) mass is 429 g/mol. The lowest BCUT2D eigenvalue weighted by molar-refractivity contribution is -0.384. The second kappa shape index (κ2) is 12.0. The third-order valence-electron chi connectivity index (χ3n) is 4.76. The van der Waals surface area contributed by atoms with Crippen molar-refractivity contribution >= 4 is 29.3 Å². The van der Waals surface area contributed by atoms with Gasteiger partial charge in [-0.2, -0.15) is 0 Å². The van der Waals surface area contributed by atoms with Gasteiger partial charge < -0.3 is 10.2 Å². The molecule has 30 heavy (non-hydrogen) atoms. The summed E-state index contributed by atoms with van der Waals surface area (Å²) in [5, 5.41) is 13.4. The summed E-state index contributed by atoms with van der Waals surface area (Å²) in [6, 6.07) is 15.7. The van der Waals surface area contributed by atoms with Crippen LogP contribution in [0.1, 0.15) is 24.5 Å². The van der Waals surface area contributed by atoms with Crippen molar-refractivity contribution in [2.24, 2.45) is 0 Å². The molecule has 2 rings (SSSR count). The molecule has 0 saturated heterocycles. The Labute approximate surface area is 181 Å². The molecule has 8 heteroatoms. The largest absolute Gasteiger partial charge is 0.357 e. The van der Waals surface area contributed by atoms with Gasteiger partial charge in [-0.25, -0.2) is 0 Å². The van der Waals surface area contributed by atoms with Crippen LogP contribution in [0.2, 0.25) is 0 Å². The number of likely N-dealkylation sites (N-methyl/N-ethyl adjacent to an activating group) is 1. The molecule has 2 aromatic carbocycles. The quantitative estimate of drug-likeness (QED) is 0.436. The number of rotatable bonds is 11. The van der Waals surface area contributed by atoms with Crippen molar-refractivity contribution in [3.05, 3.63) is 75.8 Å². The Morgan fingerprint density at radius 1 is 1.10 bits per heavy atom. The molecule has 0 fully saturated rings. The first kappa shape index (κ1) is 23.4. The Bertz CT molecular complexity index is 843. The zero-order valence-corrected chi connectivity index (χ0v) is 18.1. The summed E-state index contributed by atoms with van der Waals surface area (Å²) < 4.78 is 0. The van der Waals surface area contributed by atoms with Gasteiger partial charge in [0, 0.05) is 31.5 Å². The maximum absolute atomic E-state index is 13.0. The van der Waals surface area contributed by atoms with Crippen molar-refractivity contribution in [2.45, 2.75) is 31.6 Å². The van der Waals surface area contributed by atoms with Crippen LogP contribution in [0.3, 0.4) is 0 Å². The zero-order chi connectivity index (χ0) is 21.9. The van der Waals surface area contributed by atoms with Gasteiger partial charge in [-0.1, -0.05) is 49.4 Å². The van der Waals surface area contributed by atoms with E-state index in [0.29, 0.717) is 25.1 Å². The third kappa shape index (κ3) is 6.88. The normalized spacial score (nSPS) is 11.5. The molecule has 0 aliphatic rings. The lowest BCUT2D eigenvalue weighted by atomic mass is 10.1. The molecule has 1 atom stereocenters. The van der Waals surface area contributed by atoms with Crippen LogP contribution in [0.15, 0.2) is 54.6 Å². The summed E-state index contributed by atoms with van der Waals surface area (Å²) in [6.07, 6.45) is 1.21. The molecule has 2 aromatic rings. The minimum atomic E-state index is -0.508. The van der Waals surface area contributed by atoms with Gasteiger partial charge in [-0.15, -0.1) is 11.8 Å². The van der Waals surface area contributed by atoms with Crippen LogP contribution in [-0.2, 0) is 21.8 Å². The van der Waals surface area contributed by atoms with Gasteiger partial charge in [0.05, 0.1) is 10.7 Å². The average molecular weight is 430 g/mol. The topological polar surface area (TPSA) is 92.6 Å². The van der Waals surface area contributed by atoms with Gasteiger partial charge >= 0.3 is 0 Å². The van der Waals surface area contributed by atoms with Crippen LogP contribution in [0, 0.1) is 10.1 Å². The molecule has 0 bridgehead atoms. The number of nitro benzene ring substituents is 1. The van der Waals surface area contributed by atoms with Gasteiger partial charge in [-0.3, -0.25) is 19.7 Å². The predicted molar refractivity (Wildman–Crippen MR) is 119 cm³/mol. The van der Waals surface area contributed by atoms with E-state index in [4.69, 9.17) is 0 Å². The summed E-state index contributed by atoms with van der Waals surface area (Å²) in [4.78, 5) is 37.2. The summed E-state index contributed by atoms with van der Waals surface area (Å²) >= 11 is 1.43. The molecule has 7 nitrogen and oxygen atoms in total. The van der Waals surface area contributed by atoms with Crippen molar-refractivity contribution in [1.82, 2.24) is 10.2 Å². The van der Waals surface area contributed by atoms with E-state index in [1.807, 2.05) is 37.3 Å². The minimum Gasteiger partial charge on any atom is -0.357 e. The van der Waals surface area contributed by atoms with E-state index in [2.05, 4.69) is 5.32 Å². The zero-order valence-electron chi connectivity index (χ0n) is 17.2.